The van der Waals surface area contributed by atoms with Crippen molar-refractivity contribution in [2.45, 2.75) is 19.3 Å². The molecule has 0 aliphatic rings. The quantitative estimate of drug-likeness (QED) is 0.869. The van der Waals surface area contributed by atoms with Gasteiger partial charge in [0.15, 0.2) is 0 Å². The molecule has 1 aromatic carbocycles. The van der Waals surface area contributed by atoms with E-state index in [-0.39, 0.29) is 0 Å². The maximum atomic E-state index is 12.9. The summed E-state index contributed by atoms with van der Waals surface area (Å²) in [7, 11) is 0. The summed E-state index contributed by atoms with van der Waals surface area (Å²) in [6, 6.07) is 6.27. The first-order valence-corrected chi connectivity index (χ1v) is 5.91. The normalized spacial score (nSPS) is 11.6. The van der Waals surface area contributed by atoms with Crippen molar-refractivity contribution < 1.29 is 17.6 Å². The molecular formula is C14H12F4N2. The number of rotatable bonds is 4. The number of halogens is 4. The van der Waals surface area contributed by atoms with Crippen LogP contribution in [0.5, 0.6) is 0 Å². The summed E-state index contributed by atoms with van der Waals surface area (Å²) >= 11 is 0. The lowest BCUT2D eigenvalue weighted by atomic mass is 10.1. The van der Waals surface area contributed by atoms with Crippen LogP contribution in [0, 0.1) is 5.82 Å². The molecular weight excluding hydrogens is 272 g/mol. The standard InChI is InChI=1S/C14H12F4N2/c15-13-5-11(8-20-9-13)7-19-6-10-1-3-12(4-2-10)14(16,17)18/h1-5,8-9,19H,6-7H2. The highest BCUT2D eigenvalue weighted by molar-refractivity contribution is 5.24. The minimum absolute atomic E-state index is 0.395. The van der Waals surface area contributed by atoms with Crippen LogP contribution >= 0.6 is 0 Å². The Bertz CT molecular complexity index is 564. The average molecular weight is 284 g/mol. The van der Waals surface area contributed by atoms with Crippen LogP contribution < -0.4 is 5.32 Å². The molecule has 6 heteroatoms. The highest BCUT2D eigenvalue weighted by atomic mass is 19.4. The first kappa shape index (κ1) is 14.5. The van der Waals surface area contributed by atoms with Crippen LogP contribution in [-0.4, -0.2) is 4.98 Å². The summed E-state index contributed by atoms with van der Waals surface area (Å²) in [6.45, 7) is 0.792. The Morgan fingerprint density at radius 2 is 1.60 bits per heavy atom. The van der Waals surface area contributed by atoms with E-state index in [0.717, 1.165) is 23.9 Å². The predicted octanol–water partition coefficient (Wildman–Crippen LogP) is 3.53. The van der Waals surface area contributed by atoms with Crippen molar-refractivity contribution in [3.05, 3.63) is 65.2 Å². The number of hydrogen-bond donors (Lipinski definition) is 1. The van der Waals surface area contributed by atoms with Gasteiger partial charge in [0.2, 0.25) is 0 Å². The molecule has 0 unspecified atom stereocenters. The molecule has 0 saturated carbocycles. The van der Waals surface area contributed by atoms with Crippen molar-refractivity contribution >= 4 is 0 Å². The molecule has 0 aliphatic carbocycles. The zero-order valence-corrected chi connectivity index (χ0v) is 10.4. The highest BCUT2D eigenvalue weighted by Crippen LogP contribution is 2.29. The van der Waals surface area contributed by atoms with E-state index in [9.17, 15) is 17.6 Å². The molecule has 20 heavy (non-hydrogen) atoms. The van der Waals surface area contributed by atoms with E-state index < -0.39 is 17.6 Å². The number of alkyl halides is 3. The molecule has 0 fully saturated rings. The number of aromatic nitrogens is 1. The number of hydrogen-bond acceptors (Lipinski definition) is 2. The van der Waals surface area contributed by atoms with E-state index in [4.69, 9.17) is 0 Å². The lowest BCUT2D eigenvalue weighted by Crippen LogP contribution is -2.13. The molecule has 2 aromatic rings. The van der Waals surface area contributed by atoms with E-state index in [0.29, 0.717) is 18.7 Å². The van der Waals surface area contributed by atoms with Gasteiger partial charge in [-0.1, -0.05) is 12.1 Å². The van der Waals surface area contributed by atoms with Crippen LogP contribution in [-0.2, 0) is 19.3 Å². The SMILES string of the molecule is Fc1cncc(CNCc2ccc(C(F)(F)F)cc2)c1. The Balaban J connectivity index is 1.88. The number of nitrogens with zero attached hydrogens (tertiary/aromatic N) is 1. The molecule has 1 aromatic heterocycles. The van der Waals surface area contributed by atoms with Gasteiger partial charge >= 0.3 is 6.18 Å². The van der Waals surface area contributed by atoms with Crippen molar-refractivity contribution in [3.63, 3.8) is 0 Å². The second-order valence-electron chi connectivity index (χ2n) is 4.31. The Morgan fingerprint density at radius 3 is 2.20 bits per heavy atom. The molecule has 1 N–H and O–H groups in total. The van der Waals surface area contributed by atoms with Crippen molar-refractivity contribution in [1.82, 2.24) is 10.3 Å². The van der Waals surface area contributed by atoms with Crippen molar-refractivity contribution in [1.29, 1.82) is 0 Å². The van der Waals surface area contributed by atoms with Gasteiger partial charge < -0.3 is 5.32 Å². The van der Waals surface area contributed by atoms with E-state index in [2.05, 4.69) is 10.3 Å². The number of nitrogens with one attached hydrogen (secondary N) is 1. The molecule has 0 amide bonds. The Labute approximate surface area is 113 Å². The maximum Gasteiger partial charge on any atom is 0.416 e. The first-order valence-electron chi connectivity index (χ1n) is 5.91. The van der Waals surface area contributed by atoms with Gasteiger partial charge in [0.25, 0.3) is 0 Å². The van der Waals surface area contributed by atoms with E-state index in [1.165, 1.54) is 24.4 Å². The Hall–Kier alpha value is -1.95. The third-order valence-electron chi connectivity index (χ3n) is 2.70. The minimum Gasteiger partial charge on any atom is -0.309 e. The largest absolute Gasteiger partial charge is 0.416 e. The van der Waals surface area contributed by atoms with Crippen LogP contribution in [0.25, 0.3) is 0 Å². The van der Waals surface area contributed by atoms with Gasteiger partial charge in [0.05, 0.1) is 11.8 Å². The first-order chi connectivity index (χ1) is 9.45. The summed E-state index contributed by atoms with van der Waals surface area (Å²) in [5.74, 6) is -0.418. The summed E-state index contributed by atoms with van der Waals surface area (Å²) in [4.78, 5) is 3.71. The fourth-order valence-corrected chi connectivity index (χ4v) is 1.72. The number of benzene rings is 1. The lowest BCUT2D eigenvalue weighted by molar-refractivity contribution is -0.137. The third kappa shape index (κ3) is 4.03. The average Bonchev–Trinajstić information content (AvgIpc) is 2.38. The molecule has 2 rings (SSSR count). The third-order valence-corrected chi connectivity index (χ3v) is 2.70. The van der Waals surface area contributed by atoms with Gasteiger partial charge in [-0.25, -0.2) is 4.39 Å². The summed E-state index contributed by atoms with van der Waals surface area (Å²) in [5.41, 5.74) is 0.731. The van der Waals surface area contributed by atoms with E-state index >= 15 is 0 Å². The molecule has 0 bridgehead atoms. The fraction of sp³-hybridized carbons (Fsp3) is 0.214. The smallest absolute Gasteiger partial charge is 0.309 e. The van der Waals surface area contributed by atoms with Crippen molar-refractivity contribution in [2.75, 3.05) is 0 Å². The monoisotopic (exact) mass is 284 g/mol. The molecule has 0 atom stereocenters. The van der Waals surface area contributed by atoms with Crippen LogP contribution in [0.4, 0.5) is 17.6 Å². The zero-order valence-electron chi connectivity index (χ0n) is 10.4. The molecule has 0 aliphatic heterocycles. The molecule has 0 saturated heterocycles. The van der Waals surface area contributed by atoms with Crippen molar-refractivity contribution in [3.8, 4) is 0 Å². The number of pyridine rings is 1. The topological polar surface area (TPSA) is 24.9 Å². The molecule has 0 spiro atoms. The van der Waals surface area contributed by atoms with Gasteiger partial charge in [-0.2, -0.15) is 13.2 Å². The van der Waals surface area contributed by atoms with E-state index in [1.54, 1.807) is 0 Å². The van der Waals surface area contributed by atoms with Gasteiger partial charge in [0, 0.05) is 19.3 Å². The summed E-state index contributed by atoms with van der Waals surface area (Å²) < 4.78 is 50.0. The molecule has 106 valence electrons. The molecule has 2 nitrogen and oxygen atoms in total. The second-order valence-corrected chi connectivity index (χ2v) is 4.31. The Morgan fingerprint density at radius 1 is 0.950 bits per heavy atom. The van der Waals surface area contributed by atoms with Crippen molar-refractivity contribution in [2.24, 2.45) is 0 Å². The van der Waals surface area contributed by atoms with Gasteiger partial charge in [-0.3, -0.25) is 4.98 Å². The second kappa shape index (κ2) is 6.00. The predicted molar refractivity (Wildman–Crippen MR) is 66.2 cm³/mol. The van der Waals surface area contributed by atoms with Crippen LogP contribution in [0.1, 0.15) is 16.7 Å². The fourth-order valence-electron chi connectivity index (χ4n) is 1.72. The Kier molecular flexibility index (Phi) is 4.34. The summed E-state index contributed by atoms with van der Waals surface area (Å²) in [6.07, 6.45) is -1.68. The van der Waals surface area contributed by atoms with Gasteiger partial charge in [-0.15, -0.1) is 0 Å². The highest BCUT2D eigenvalue weighted by Gasteiger charge is 2.29. The zero-order chi connectivity index (χ0) is 14.6. The van der Waals surface area contributed by atoms with Gasteiger partial charge in [-0.05, 0) is 29.3 Å². The van der Waals surface area contributed by atoms with Crippen LogP contribution in [0.3, 0.4) is 0 Å². The molecule has 0 radical (unpaired) electrons. The minimum atomic E-state index is -4.32. The van der Waals surface area contributed by atoms with Crippen LogP contribution in [0.15, 0.2) is 42.7 Å². The van der Waals surface area contributed by atoms with E-state index in [1.807, 2.05) is 0 Å². The van der Waals surface area contributed by atoms with Gasteiger partial charge in [0.1, 0.15) is 5.82 Å². The van der Waals surface area contributed by atoms with Crippen LogP contribution in [0.2, 0.25) is 0 Å². The summed E-state index contributed by atoms with van der Waals surface area (Å²) in [5, 5.41) is 3.02. The lowest BCUT2D eigenvalue weighted by Gasteiger charge is -2.08. The maximum absolute atomic E-state index is 12.9. The molecule has 1 heterocycles.